The Morgan fingerprint density at radius 1 is 1.50 bits per heavy atom. The predicted octanol–water partition coefficient (Wildman–Crippen LogP) is -0.198. The van der Waals surface area contributed by atoms with Crippen molar-refractivity contribution < 1.29 is 13.5 Å². The van der Waals surface area contributed by atoms with E-state index in [1.807, 2.05) is 0 Å². The van der Waals surface area contributed by atoms with Crippen LogP contribution in [0, 0.1) is 5.92 Å². The summed E-state index contributed by atoms with van der Waals surface area (Å²) in [6.45, 7) is 1.77. The molecule has 0 amide bonds. The fraction of sp³-hybridized carbons (Fsp3) is 1.00. The van der Waals surface area contributed by atoms with Crippen LogP contribution in [0.15, 0.2) is 0 Å². The van der Waals surface area contributed by atoms with E-state index in [4.69, 9.17) is 5.11 Å². The number of aliphatic hydroxyl groups excluding tert-OH is 1. The summed E-state index contributed by atoms with van der Waals surface area (Å²) in [6, 6.07) is 0. The van der Waals surface area contributed by atoms with Gasteiger partial charge in [-0.3, -0.25) is 0 Å². The fourth-order valence-corrected chi connectivity index (χ4v) is 2.97. The number of aliphatic hydroxyl groups is 1. The monoisotopic (exact) mass is 164 g/mol. The normalized spacial score (nSPS) is 39.4. The first-order valence-electron chi connectivity index (χ1n) is 3.40. The summed E-state index contributed by atoms with van der Waals surface area (Å²) in [4.78, 5) is 0. The molecule has 1 heterocycles. The molecule has 1 saturated heterocycles. The number of sulfone groups is 1. The summed E-state index contributed by atoms with van der Waals surface area (Å²) in [6.07, 6.45) is -0.00715. The molecule has 1 aliphatic rings. The maximum absolute atomic E-state index is 10.9. The summed E-state index contributed by atoms with van der Waals surface area (Å²) in [5.74, 6) is 0.214. The molecule has 1 aliphatic heterocycles. The predicted molar refractivity (Wildman–Crippen MR) is 38.4 cm³/mol. The molecule has 60 valence electrons. The van der Waals surface area contributed by atoms with Crippen molar-refractivity contribution in [2.24, 2.45) is 5.92 Å². The Morgan fingerprint density at radius 2 is 2.10 bits per heavy atom. The van der Waals surface area contributed by atoms with Crippen LogP contribution in [0.1, 0.15) is 13.3 Å². The van der Waals surface area contributed by atoms with Gasteiger partial charge in [-0.25, -0.2) is 8.42 Å². The van der Waals surface area contributed by atoms with Crippen LogP contribution in [0.4, 0.5) is 0 Å². The highest BCUT2D eigenvalue weighted by Crippen LogP contribution is 2.17. The van der Waals surface area contributed by atoms with E-state index < -0.39 is 15.9 Å². The van der Waals surface area contributed by atoms with Gasteiger partial charge in [-0.1, -0.05) is 6.92 Å². The quantitative estimate of drug-likeness (QED) is 0.539. The van der Waals surface area contributed by atoms with E-state index in [0.29, 0.717) is 6.42 Å². The van der Waals surface area contributed by atoms with Crippen molar-refractivity contribution in [2.75, 3.05) is 11.5 Å². The second kappa shape index (κ2) is 2.51. The van der Waals surface area contributed by atoms with Crippen LogP contribution in [-0.4, -0.2) is 31.1 Å². The minimum atomic E-state index is -2.82. The summed E-state index contributed by atoms with van der Waals surface area (Å²) < 4.78 is 21.8. The Labute approximate surface area is 61.0 Å². The van der Waals surface area contributed by atoms with Gasteiger partial charge in [0, 0.05) is 0 Å². The van der Waals surface area contributed by atoms with Gasteiger partial charge in [0.15, 0.2) is 9.84 Å². The number of hydrogen-bond acceptors (Lipinski definition) is 3. The molecule has 0 unspecified atom stereocenters. The Kier molecular flexibility index (Phi) is 2.01. The smallest absolute Gasteiger partial charge is 0.150 e. The highest BCUT2D eigenvalue weighted by molar-refractivity contribution is 7.91. The molecule has 2 atom stereocenters. The fourth-order valence-electron chi connectivity index (χ4n) is 1.18. The van der Waals surface area contributed by atoms with E-state index >= 15 is 0 Å². The minimum absolute atomic E-state index is 0.0845. The zero-order chi connectivity index (χ0) is 7.78. The van der Waals surface area contributed by atoms with E-state index in [1.54, 1.807) is 6.92 Å². The molecule has 0 aliphatic carbocycles. The van der Waals surface area contributed by atoms with Crippen LogP contribution in [0.2, 0.25) is 0 Å². The summed E-state index contributed by atoms with van der Waals surface area (Å²) in [7, 11) is -2.82. The van der Waals surface area contributed by atoms with Crippen LogP contribution in [-0.2, 0) is 9.84 Å². The standard InChI is InChI=1S/C6H12O3S/c1-5-4-10(8,9)3-2-6(5)7/h5-7H,2-4H2,1H3/t5-,6-/m1/s1. The number of rotatable bonds is 0. The lowest BCUT2D eigenvalue weighted by molar-refractivity contribution is 0.118. The Hall–Kier alpha value is -0.0900. The van der Waals surface area contributed by atoms with Gasteiger partial charge in [0.05, 0.1) is 17.6 Å². The molecule has 1 N–H and O–H groups in total. The summed E-state index contributed by atoms with van der Waals surface area (Å²) >= 11 is 0. The topological polar surface area (TPSA) is 54.4 Å². The lowest BCUT2D eigenvalue weighted by Crippen LogP contribution is -2.34. The first-order valence-corrected chi connectivity index (χ1v) is 5.22. The molecule has 3 nitrogen and oxygen atoms in total. The largest absolute Gasteiger partial charge is 0.393 e. The van der Waals surface area contributed by atoms with E-state index in [-0.39, 0.29) is 17.4 Å². The highest BCUT2D eigenvalue weighted by Gasteiger charge is 2.28. The molecular formula is C6H12O3S. The Morgan fingerprint density at radius 3 is 2.50 bits per heavy atom. The van der Waals surface area contributed by atoms with Crippen molar-refractivity contribution in [3.05, 3.63) is 0 Å². The third-order valence-corrected chi connectivity index (χ3v) is 3.79. The van der Waals surface area contributed by atoms with Gasteiger partial charge in [-0.15, -0.1) is 0 Å². The van der Waals surface area contributed by atoms with Gasteiger partial charge < -0.3 is 5.11 Å². The zero-order valence-electron chi connectivity index (χ0n) is 5.95. The van der Waals surface area contributed by atoms with Gasteiger partial charge in [-0.2, -0.15) is 0 Å². The first kappa shape index (κ1) is 8.01. The lowest BCUT2D eigenvalue weighted by atomic mass is 10.1. The SMILES string of the molecule is C[C@@H]1CS(=O)(=O)CC[C@H]1O. The molecular weight excluding hydrogens is 152 g/mol. The first-order chi connectivity index (χ1) is 4.51. The van der Waals surface area contributed by atoms with E-state index in [9.17, 15) is 8.42 Å². The molecule has 0 aromatic rings. The molecule has 0 saturated carbocycles. The minimum Gasteiger partial charge on any atom is -0.393 e. The Balaban J connectivity index is 2.66. The summed E-state index contributed by atoms with van der Waals surface area (Å²) in [5.41, 5.74) is 0. The molecule has 0 bridgehead atoms. The molecule has 1 rings (SSSR count). The van der Waals surface area contributed by atoms with Gasteiger partial charge in [0.2, 0.25) is 0 Å². The lowest BCUT2D eigenvalue weighted by Gasteiger charge is -2.23. The highest BCUT2D eigenvalue weighted by atomic mass is 32.2. The van der Waals surface area contributed by atoms with Crippen molar-refractivity contribution in [1.29, 1.82) is 0 Å². The van der Waals surface area contributed by atoms with E-state index in [2.05, 4.69) is 0 Å². The third kappa shape index (κ3) is 1.70. The van der Waals surface area contributed by atoms with Crippen molar-refractivity contribution in [2.45, 2.75) is 19.4 Å². The molecule has 0 aromatic carbocycles. The van der Waals surface area contributed by atoms with Crippen molar-refractivity contribution in [3.63, 3.8) is 0 Å². The van der Waals surface area contributed by atoms with Gasteiger partial charge in [0.25, 0.3) is 0 Å². The molecule has 0 radical (unpaired) electrons. The molecule has 1 fully saturated rings. The van der Waals surface area contributed by atoms with Gasteiger partial charge in [-0.05, 0) is 12.3 Å². The zero-order valence-corrected chi connectivity index (χ0v) is 6.76. The average molecular weight is 164 g/mol. The van der Waals surface area contributed by atoms with Crippen LogP contribution >= 0.6 is 0 Å². The molecule has 4 heteroatoms. The second-order valence-corrected chi connectivity index (χ2v) is 5.18. The molecule has 0 aromatic heterocycles. The van der Waals surface area contributed by atoms with Crippen molar-refractivity contribution in [3.8, 4) is 0 Å². The van der Waals surface area contributed by atoms with Gasteiger partial charge in [0.1, 0.15) is 0 Å². The third-order valence-electron chi connectivity index (χ3n) is 1.90. The van der Waals surface area contributed by atoms with Crippen molar-refractivity contribution in [1.82, 2.24) is 0 Å². The number of hydrogen-bond donors (Lipinski definition) is 1. The average Bonchev–Trinajstić information content (AvgIpc) is 1.79. The van der Waals surface area contributed by atoms with Crippen LogP contribution in [0.25, 0.3) is 0 Å². The second-order valence-electron chi connectivity index (χ2n) is 2.95. The molecule has 0 spiro atoms. The summed E-state index contributed by atoms with van der Waals surface area (Å²) in [5, 5.41) is 9.15. The van der Waals surface area contributed by atoms with E-state index in [0.717, 1.165) is 0 Å². The van der Waals surface area contributed by atoms with Crippen LogP contribution in [0.3, 0.4) is 0 Å². The maximum Gasteiger partial charge on any atom is 0.150 e. The van der Waals surface area contributed by atoms with Gasteiger partial charge >= 0.3 is 0 Å². The van der Waals surface area contributed by atoms with Crippen LogP contribution in [0.5, 0.6) is 0 Å². The molecule has 10 heavy (non-hydrogen) atoms. The maximum atomic E-state index is 10.9. The van der Waals surface area contributed by atoms with Crippen LogP contribution < -0.4 is 0 Å². The van der Waals surface area contributed by atoms with E-state index in [1.165, 1.54) is 0 Å². The van der Waals surface area contributed by atoms with Crippen molar-refractivity contribution >= 4 is 9.84 Å². The Bertz CT molecular complexity index is 207.